The molecule has 13 heteroatoms. The Morgan fingerprint density at radius 3 is 1.25 bits per heavy atom. The van der Waals surface area contributed by atoms with Gasteiger partial charge in [-0.25, -0.2) is 19.9 Å². The molecule has 0 saturated heterocycles. The van der Waals surface area contributed by atoms with E-state index in [1.165, 1.54) is 38.5 Å². The van der Waals surface area contributed by atoms with Gasteiger partial charge >= 0.3 is 12.4 Å². The molecule has 0 saturated carbocycles. The fraction of sp³-hybridized carbons (Fsp3) is 0.355. The number of methoxy groups -OCH3 is 2. The Labute approximate surface area is 250 Å². The maximum absolute atomic E-state index is 13.1. The fourth-order valence-electron chi connectivity index (χ4n) is 4.79. The number of ether oxygens (including phenoxy) is 2. The zero-order valence-corrected chi connectivity index (χ0v) is 24.3. The van der Waals surface area contributed by atoms with E-state index in [1.807, 2.05) is 0 Å². The number of alkyl halides is 6. The van der Waals surface area contributed by atoms with Gasteiger partial charge in [0.05, 0.1) is 35.7 Å². The van der Waals surface area contributed by atoms with Crippen LogP contribution in [0.2, 0.25) is 0 Å². The molecule has 4 aromatic rings. The van der Waals surface area contributed by atoms with Gasteiger partial charge in [-0.05, 0) is 38.1 Å². The molecule has 0 fully saturated rings. The molecule has 0 atom stereocenters. The van der Waals surface area contributed by atoms with Crippen LogP contribution in [-0.2, 0) is 34.7 Å². The van der Waals surface area contributed by atoms with Crippen molar-refractivity contribution in [3.05, 3.63) is 93.6 Å². The first-order chi connectivity index (χ1) is 20.7. The largest absolute Gasteiger partial charge is 0.416 e. The van der Waals surface area contributed by atoms with Crippen LogP contribution in [0, 0.1) is 13.8 Å². The van der Waals surface area contributed by atoms with E-state index < -0.39 is 29.6 Å². The number of aliphatic hydroxyl groups is 1. The van der Waals surface area contributed by atoms with Gasteiger partial charge in [0.1, 0.15) is 6.10 Å². The van der Waals surface area contributed by atoms with E-state index in [0.29, 0.717) is 45.0 Å². The first-order valence-corrected chi connectivity index (χ1v) is 13.5. The van der Waals surface area contributed by atoms with Crippen molar-refractivity contribution in [2.24, 2.45) is 0 Å². The number of hydrogen-bond donors (Lipinski definition) is 1. The van der Waals surface area contributed by atoms with Gasteiger partial charge < -0.3 is 14.6 Å². The van der Waals surface area contributed by atoms with Crippen molar-refractivity contribution >= 4 is 0 Å². The molecule has 0 spiro atoms. The minimum absolute atomic E-state index is 0.184. The maximum atomic E-state index is 13.1. The Hall–Kier alpha value is -3.94. The zero-order valence-electron chi connectivity index (χ0n) is 24.3. The molecule has 0 aliphatic rings. The van der Waals surface area contributed by atoms with Crippen molar-refractivity contribution in [1.82, 2.24) is 19.9 Å². The van der Waals surface area contributed by atoms with Crippen LogP contribution < -0.4 is 0 Å². The van der Waals surface area contributed by atoms with Gasteiger partial charge in [0.25, 0.3) is 0 Å². The molecule has 0 aliphatic carbocycles. The number of aryl methyl sites for hydroxylation is 2. The Kier molecular flexibility index (Phi) is 10.0. The second-order valence-electron chi connectivity index (χ2n) is 10.0. The average Bonchev–Trinajstić information content (AvgIpc) is 2.97. The molecule has 1 N–H and O–H groups in total. The molecule has 0 bridgehead atoms. The van der Waals surface area contributed by atoms with Crippen LogP contribution in [0.15, 0.2) is 48.5 Å². The van der Waals surface area contributed by atoms with Crippen LogP contribution in [0.4, 0.5) is 26.3 Å². The fourth-order valence-corrected chi connectivity index (χ4v) is 4.79. The van der Waals surface area contributed by atoms with Crippen molar-refractivity contribution < 1.29 is 40.9 Å². The highest BCUT2D eigenvalue weighted by Gasteiger charge is 2.32. The summed E-state index contributed by atoms with van der Waals surface area (Å²) in [5.41, 5.74) is 1.47. The minimum atomic E-state index is -4.49. The summed E-state index contributed by atoms with van der Waals surface area (Å²) < 4.78 is 89.0. The molecule has 2 heterocycles. The van der Waals surface area contributed by atoms with Gasteiger partial charge in [0, 0.05) is 60.7 Å². The number of aliphatic hydroxyl groups excluding tert-OH is 1. The second kappa shape index (κ2) is 13.4. The first-order valence-electron chi connectivity index (χ1n) is 13.5. The lowest BCUT2D eigenvalue weighted by atomic mass is 9.93. The topological polar surface area (TPSA) is 90.3 Å². The van der Waals surface area contributed by atoms with E-state index in [4.69, 9.17) is 9.47 Å². The van der Waals surface area contributed by atoms with Gasteiger partial charge in [-0.15, -0.1) is 0 Å². The molecule has 4 rings (SSSR count). The summed E-state index contributed by atoms with van der Waals surface area (Å²) in [5.74, 6) is 0.368. The number of aromatic nitrogens is 4. The lowest BCUT2D eigenvalue weighted by Gasteiger charge is -2.22. The molecule has 7 nitrogen and oxygen atoms in total. The normalized spacial score (nSPS) is 12.3. The van der Waals surface area contributed by atoms with Gasteiger partial charge in [-0.1, -0.05) is 24.3 Å². The van der Waals surface area contributed by atoms with E-state index in [9.17, 15) is 31.4 Å². The van der Waals surface area contributed by atoms with Gasteiger partial charge in [0.15, 0.2) is 11.6 Å². The van der Waals surface area contributed by atoms with Crippen molar-refractivity contribution in [3.63, 3.8) is 0 Å². The number of nitrogens with zero attached hydrogens (tertiary/aromatic N) is 4. The molecular formula is C31H30F6N4O3. The van der Waals surface area contributed by atoms with E-state index >= 15 is 0 Å². The van der Waals surface area contributed by atoms with Crippen molar-refractivity contribution in [3.8, 4) is 22.8 Å². The Bertz CT molecular complexity index is 1470. The summed E-state index contributed by atoms with van der Waals surface area (Å²) in [4.78, 5) is 18.2. The molecule has 44 heavy (non-hydrogen) atoms. The maximum Gasteiger partial charge on any atom is 0.416 e. The molecule has 234 valence electrons. The third kappa shape index (κ3) is 7.40. The van der Waals surface area contributed by atoms with E-state index in [0.717, 1.165) is 24.3 Å². The zero-order chi connectivity index (χ0) is 32.2. The van der Waals surface area contributed by atoms with Crippen molar-refractivity contribution in [2.75, 3.05) is 27.4 Å². The molecular weight excluding hydrogens is 590 g/mol. The van der Waals surface area contributed by atoms with Crippen molar-refractivity contribution in [2.45, 2.75) is 45.1 Å². The van der Waals surface area contributed by atoms with Crippen LogP contribution in [0.1, 0.15) is 51.1 Å². The highest BCUT2D eigenvalue weighted by molar-refractivity contribution is 5.59. The second-order valence-corrected chi connectivity index (χ2v) is 10.0. The first kappa shape index (κ1) is 33.0. The van der Waals surface area contributed by atoms with Gasteiger partial charge in [0.2, 0.25) is 0 Å². The molecule has 0 aliphatic heterocycles. The SMILES string of the molecule is COCCc1nc(-c2ccc(C(F)(F)F)cc2)nc(C)c1C(O)c1c(C)nc(-c2ccc(C(F)(F)F)cc2)nc1CCOC. The standard InChI is InChI=1S/C31H30F6N4O3/c1-17-25(23(13-15-43-3)40-28(38-17)19-5-9-21(10-6-19)30(32,33)34)27(42)26-18(2)39-29(41-24(26)14-16-44-4)20-7-11-22(12-8-20)31(35,36)37/h5-12,27,42H,13-16H2,1-4H3. The Balaban J connectivity index is 1.80. The van der Waals surface area contributed by atoms with Crippen LogP contribution >= 0.6 is 0 Å². The van der Waals surface area contributed by atoms with Crippen LogP contribution in [-0.4, -0.2) is 52.5 Å². The summed E-state index contributed by atoms with van der Waals surface area (Å²) in [5, 5.41) is 11.8. The van der Waals surface area contributed by atoms with Crippen LogP contribution in [0.25, 0.3) is 22.8 Å². The number of rotatable bonds is 10. The molecule has 0 radical (unpaired) electrons. The van der Waals surface area contributed by atoms with E-state index in [2.05, 4.69) is 19.9 Å². The van der Waals surface area contributed by atoms with Crippen LogP contribution in [0.3, 0.4) is 0 Å². The average molecular weight is 621 g/mol. The van der Waals surface area contributed by atoms with Gasteiger partial charge in [-0.3, -0.25) is 0 Å². The van der Waals surface area contributed by atoms with Gasteiger partial charge in [-0.2, -0.15) is 26.3 Å². The molecule has 0 unspecified atom stereocenters. The molecule has 2 aromatic carbocycles. The Morgan fingerprint density at radius 1 is 0.614 bits per heavy atom. The smallest absolute Gasteiger partial charge is 0.384 e. The number of hydrogen-bond acceptors (Lipinski definition) is 7. The lowest BCUT2D eigenvalue weighted by molar-refractivity contribution is -0.138. The number of halogens is 6. The molecule has 0 amide bonds. The summed E-state index contributed by atoms with van der Waals surface area (Å²) >= 11 is 0. The summed E-state index contributed by atoms with van der Waals surface area (Å²) in [6.45, 7) is 3.79. The predicted molar refractivity (Wildman–Crippen MR) is 150 cm³/mol. The summed E-state index contributed by atoms with van der Waals surface area (Å²) in [6, 6.07) is 8.95. The quantitative estimate of drug-likeness (QED) is 0.197. The third-order valence-corrected chi connectivity index (χ3v) is 7.00. The highest BCUT2D eigenvalue weighted by atomic mass is 19.4. The predicted octanol–water partition coefficient (Wildman–Crippen LogP) is 6.71. The molecule has 2 aromatic heterocycles. The summed E-state index contributed by atoms with van der Waals surface area (Å²) in [6.07, 6.45) is -9.77. The minimum Gasteiger partial charge on any atom is -0.384 e. The number of benzene rings is 2. The third-order valence-electron chi connectivity index (χ3n) is 7.00. The lowest BCUT2D eigenvalue weighted by Crippen LogP contribution is -2.18. The van der Waals surface area contributed by atoms with Crippen molar-refractivity contribution in [1.29, 1.82) is 0 Å². The van der Waals surface area contributed by atoms with E-state index in [1.54, 1.807) is 13.8 Å². The monoisotopic (exact) mass is 620 g/mol. The Morgan fingerprint density at radius 2 is 0.955 bits per heavy atom. The summed E-state index contributed by atoms with van der Waals surface area (Å²) in [7, 11) is 3.00. The highest BCUT2D eigenvalue weighted by Crippen LogP contribution is 2.35. The van der Waals surface area contributed by atoms with Crippen LogP contribution in [0.5, 0.6) is 0 Å². The van der Waals surface area contributed by atoms with E-state index in [-0.39, 0.29) is 37.7 Å².